The molecular weight excluding hydrogens is 1190 g/mol. The third kappa shape index (κ3) is 16.4. The second-order valence-corrected chi connectivity index (χ2v) is 25.1. The van der Waals surface area contributed by atoms with E-state index in [1.54, 1.807) is 32.1 Å². The van der Waals surface area contributed by atoms with E-state index >= 15 is 0 Å². The van der Waals surface area contributed by atoms with Crippen molar-refractivity contribution in [2.75, 3.05) is 54.0 Å². The number of benzene rings is 3. The molecule has 9 rings (SSSR count). The molecule has 92 heavy (non-hydrogen) atoms. The van der Waals surface area contributed by atoms with Crippen LogP contribution in [0.5, 0.6) is 23.0 Å². The maximum Gasteiger partial charge on any atom is 0.411 e. The molecule has 0 spiro atoms. The predicted molar refractivity (Wildman–Crippen MR) is 337 cm³/mol. The van der Waals surface area contributed by atoms with Crippen LogP contribution in [0, 0.1) is 35.5 Å². The number of aliphatic hydroxyl groups is 3. The fourth-order valence-electron chi connectivity index (χ4n) is 13.6. The summed E-state index contributed by atoms with van der Waals surface area (Å²) in [6, 6.07) is 13.7. The van der Waals surface area contributed by atoms with Crippen LogP contribution in [0.25, 0.3) is 12.2 Å². The summed E-state index contributed by atoms with van der Waals surface area (Å²) in [5.41, 5.74) is 2.94. The molecule has 4 fully saturated rings. The number of methoxy groups -OCH3 is 5. The number of Topliss-reactive ketones (excluding diaryl/α,β-unsaturated/α-hetero) is 2. The van der Waals surface area contributed by atoms with E-state index in [0.717, 1.165) is 5.57 Å². The molecule has 6 aliphatic rings. The van der Waals surface area contributed by atoms with Crippen LogP contribution in [0.1, 0.15) is 115 Å². The summed E-state index contributed by atoms with van der Waals surface area (Å²) >= 11 is 0. The Morgan fingerprint density at radius 1 is 0.761 bits per heavy atom. The summed E-state index contributed by atoms with van der Waals surface area (Å²) in [7, 11) is 7.25. The van der Waals surface area contributed by atoms with Gasteiger partial charge in [0.1, 0.15) is 30.0 Å². The molecule has 3 aromatic rings. The predicted octanol–water partition coefficient (Wildman–Crippen LogP) is 8.00. The number of ketones is 4. The molecule has 22 heteroatoms. The first-order valence-corrected chi connectivity index (χ1v) is 31.5. The first kappa shape index (κ1) is 70.3. The van der Waals surface area contributed by atoms with Crippen LogP contribution in [0.2, 0.25) is 0 Å². The van der Waals surface area contributed by atoms with Crippen molar-refractivity contribution in [3.05, 3.63) is 113 Å². The SMILES string of the molecule is COc1cc(/C=C/C(=O)C(C(=O)/C=C/c2ccc(O)c(OC)c2)c2ccc(NC(=O)OCC[C@@H]3/C=C(\C)C[C@H](C)C[C@H](OC)[C@H]4O[C@@](O)(C(=O)C(=O)N5CCCC6/C(=C\[C@@H]7CC[C@@H](O)[C@H](OC)C7)[C@@H](OC(=O)[C@H]65)[C@H](C)[C@@H](O)CC3=O)[C@H](C)C[C@@H]4OC)cc2)ccc1O. The molecule has 0 aromatic heterocycles. The number of ether oxygens (including phenoxy) is 8. The third-order valence-corrected chi connectivity index (χ3v) is 18.8. The fourth-order valence-corrected chi connectivity index (χ4v) is 13.6. The lowest BCUT2D eigenvalue weighted by Crippen LogP contribution is -2.66. The van der Waals surface area contributed by atoms with Gasteiger partial charge in [0, 0.05) is 63.7 Å². The number of hydrogen-bond acceptors (Lipinski definition) is 20. The van der Waals surface area contributed by atoms with Crippen LogP contribution in [0.15, 0.2) is 96.1 Å². The Hall–Kier alpha value is -7.57. The topological polar surface area (TPSA) is 310 Å². The molecule has 3 saturated heterocycles. The van der Waals surface area contributed by atoms with Gasteiger partial charge in [-0.3, -0.25) is 29.3 Å². The van der Waals surface area contributed by atoms with Crippen molar-refractivity contribution in [1.29, 1.82) is 0 Å². The van der Waals surface area contributed by atoms with Gasteiger partial charge in [-0.1, -0.05) is 74.9 Å². The first-order valence-electron chi connectivity index (χ1n) is 31.5. The summed E-state index contributed by atoms with van der Waals surface area (Å²) in [6.45, 7) is 6.83. The lowest BCUT2D eigenvalue weighted by atomic mass is 9.72. The molecule has 5 heterocycles. The highest BCUT2D eigenvalue weighted by molar-refractivity contribution is 6.39. The van der Waals surface area contributed by atoms with Crippen LogP contribution in [0.3, 0.4) is 0 Å². The largest absolute Gasteiger partial charge is 0.504 e. The molecule has 1 unspecified atom stereocenters. The summed E-state index contributed by atoms with van der Waals surface area (Å²) in [5, 5.41) is 58.2. The number of esters is 1. The number of fused-ring (bicyclic) bond motifs is 11. The van der Waals surface area contributed by atoms with Gasteiger partial charge in [-0.25, -0.2) is 9.59 Å². The number of carbonyl (C=O) groups is 7. The molecule has 6 N–H and O–H groups in total. The van der Waals surface area contributed by atoms with Crippen molar-refractivity contribution in [1.82, 2.24) is 4.90 Å². The van der Waals surface area contributed by atoms with E-state index in [2.05, 4.69) is 5.32 Å². The van der Waals surface area contributed by atoms with Crippen LogP contribution in [-0.4, -0.2) is 175 Å². The number of allylic oxidation sites excluding steroid dienone is 5. The highest BCUT2D eigenvalue weighted by Gasteiger charge is 2.58. The molecule has 2 amide bonds. The molecule has 498 valence electrons. The zero-order valence-corrected chi connectivity index (χ0v) is 53.7. The molecule has 0 radical (unpaired) electrons. The number of nitrogens with one attached hydrogen (secondary N) is 1. The van der Waals surface area contributed by atoms with Crippen LogP contribution in [0.4, 0.5) is 10.5 Å². The maximum absolute atomic E-state index is 14.8. The number of nitrogens with zero attached hydrogens (tertiary/aromatic N) is 1. The number of amides is 2. The van der Waals surface area contributed by atoms with Gasteiger partial charge in [-0.15, -0.1) is 0 Å². The number of aromatic hydroxyl groups is 2. The molecule has 1 saturated carbocycles. The van der Waals surface area contributed by atoms with Crippen molar-refractivity contribution in [3.63, 3.8) is 0 Å². The molecule has 6 bridgehead atoms. The zero-order valence-electron chi connectivity index (χ0n) is 53.7. The quantitative estimate of drug-likeness (QED) is 0.0245. The minimum absolute atomic E-state index is 0.00000764. The first-order chi connectivity index (χ1) is 43.9. The van der Waals surface area contributed by atoms with E-state index in [9.17, 15) is 59.1 Å². The average Bonchev–Trinajstić information content (AvgIpc) is 0.767. The monoisotopic (exact) mass is 1280 g/mol. The standard InChI is InChI=1S/C70H88N2O20/c1-38-29-39(2)31-60(88-8)65-61(89-9)32-40(3)70(84,92-65)66(80)67(81)72-27-10-11-48-49(33-44-16-23-52(75)59(36-44)87-7)64(91-68(82)63(48)72)41(4)55(78)37-56(79)46(30-38)26-28-90-69(83)71-47-19-17-45(18-20-47)62(53(76)24-14-42-12-21-50(73)57(34-42)85-5)54(77)25-15-43-13-22-51(74)58(35-43)86-6/h12-15,17-22,24-25,30,33-35,39-41,44,46,48,52,55,59-65,73-75,78,84H,10-11,16,23,26-29,31-32,36-37H2,1-9H3,(H,71,83)/b24-14+,25-15+,38-30+,49-33+/t39-,40+,41+,44-,46+,48?,52+,55-,59+,60-,61-,63-,64-,65+,70+/m0/s1. The highest BCUT2D eigenvalue weighted by Crippen LogP contribution is 2.45. The van der Waals surface area contributed by atoms with Gasteiger partial charge in [0.15, 0.2) is 34.6 Å². The van der Waals surface area contributed by atoms with Crippen LogP contribution in [-0.2, 0) is 57.2 Å². The number of hydrogen-bond donors (Lipinski definition) is 6. The summed E-state index contributed by atoms with van der Waals surface area (Å²) in [6.07, 6.45) is 4.81. The second-order valence-electron chi connectivity index (χ2n) is 25.1. The summed E-state index contributed by atoms with van der Waals surface area (Å²) in [5.74, 6) is -12.3. The number of rotatable bonds is 17. The van der Waals surface area contributed by atoms with E-state index in [4.69, 9.17) is 37.9 Å². The molecule has 3 aromatic carbocycles. The van der Waals surface area contributed by atoms with Crippen molar-refractivity contribution in [2.24, 2.45) is 35.5 Å². The Morgan fingerprint density at radius 3 is 1.97 bits per heavy atom. The van der Waals surface area contributed by atoms with Gasteiger partial charge in [0.25, 0.3) is 11.7 Å². The normalized spacial score (nSPS) is 31.2. The Balaban J connectivity index is 1.04. The lowest BCUT2D eigenvalue weighted by Gasteiger charge is -2.49. The molecular formula is C70H88N2O20. The van der Waals surface area contributed by atoms with Crippen molar-refractivity contribution < 1.29 is 97.0 Å². The summed E-state index contributed by atoms with van der Waals surface area (Å²) in [4.78, 5) is 101. The van der Waals surface area contributed by atoms with Gasteiger partial charge < -0.3 is 68.3 Å². The number of phenols is 2. The number of piperidine rings is 1. The fraction of sp³-hybridized carbons (Fsp3) is 0.529. The third-order valence-electron chi connectivity index (χ3n) is 18.8. The van der Waals surface area contributed by atoms with E-state index in [0.29, 0.717) is 61.6 Å². The Labute approximate surface area is 536 Å². The molecule has 22 nitrogen and oxygen atoms in total. The lowest BCUT2D eigenvalue weighted by molar-refractivity contribution is -0.302. The van der Waals surface area contributed by atoms with Crippen molar-refractivity contribution in [3.8, 4) is 23.0 Å². The molecule has 15 atom stereocenters. The van der Waals surface area contributed by atoms with Crippen LogP contribution < -0.4 is 14.8 Å². The Kier molecular flexibility index (Phi) is 24.0. The van der Waals surface area contributed by atoms with E-state index in [1.165, 1.54) is 113 Å². The Morgan fingerprint density at radius 2 is 1.37 bits per heavy atom. The number of phenolic OH excluding ortho intramolecular Hbond substituents is 2. The van der Waals surface area contributed by atoms with Gasteiger partial charge in [-0.05, 0) is 147 Å². The van der Waals surface area contributed by atoms with Gasteiger partial charge in [-0.2, -0.15) is 0 Å². The highest BCUT2D eigenvalue weighted by atomic mass is 16.7. The maximum atomic E-state index is 14.8. The number of carbonyl (C=O) groups excluding carboxylic acids is 7. The smallest absolute Gasteiger partial charge is 0.411 e. The van der Waals surface area contributed by atoms with E-state index in [1.807, 2.05) is 19.9 Å². The zero-order chi connectivity index (χ0) is 66.7. The minimum atomic E-state index is -2.63. The molecule has 5 aliphatic heterocycles. The minimum Gasteiger partial charge on any atom is -0.504 e. The van der Waals surface area contributed by atoms with E-state index < -0.39 is 126 Å². The molecule has 1 aliphatic carbocycles. The second kappa shape index (κ2) is 31.4. The van der Waals surface area contributed by atoms with Crippen molar-refractivity contribution in [2.45, 2.75) is 152 Å². The number of anilines is 1. The number of aliphatic hydroxyl groups excluding tert-OH is 2. The van der Waals surface area contributed by atoms with Gasteiger partial charge in [0.05, 0.1) is 51.3 Å². The Bertz CT molecular complexity index is 3210. The summed E-state index contributed by atoms with van der Waals surface area (Å²) < 4.78 is 46.3. The van der Waals surface area contributed by atoms with Gasteiger partial charge >= 0.3 is 12.1 Å². The van der Waals surface area contributed by atoms with Gasteiger partial charge in [0.2, 0.25) is 5.79 Å². The van der Waals surface area contributed by atoms with E-state index in [-0.39, 0.29) is 77.9 Å². The van der Waals surface area contributed by atoms with Crippen molar-refractivity contribution >= 4 is 58.9 Å². The van der Waals surface area contributed by atoms with Crippen LogP contribution >= 0.6 is 0 Å². The average molecular weight is 1280 g/mol.